The van der Waals surface area contributed by atoms with Crippen LogP contribution in [-0.4, -0.2) is 13.1 Å². The predicted molar refractivity (Wildman–Crippen MR) is 35.5 cm³/mol. The van der Waals surface area contributed by atoms with Crippen molar-refractivity contribution in [2.45, 2.75) is 20.8 Å². The van der Waals surface area contributed by atoms with Gasteiger partial charge in [0.15, 0.2) is 0 Å². The standard InChI is InChI=1S/C7H13N.ClH/c1-4-7-8(5-2)6-3;/h5-6H2,1-3H3;1H. The van der Waals surface area contributed by atoms with Crippen molar-refractivity contribution in [2.24, 2.45) is 0 Å². The van der Waals surface area contributed by atoms with Gasteiger partial charge in [-0.3, -0.25) is 4.90 Å². The zero-order valence-electron chi connectivity index (χ0n) is 6.29. The molecule has 2 heteroatoms. The van der Waals surface area contributed by atoms with Crippen molar-refractivity contribution >= 4 is 0 Å². The molecule has 0 saturated heterocycles. The fourth-order valence-corrected chi connectivity index (χ4v) is 0.604. The number of hydrogen-bond acceptors (Lipinski definition) is 0. The van der Waals surface area contributed by atoms with Crippen molar-refractivity contribution < 1.29 is 17.3 Å². The summed E-state index contributed by atoms with van der Waals surface area (Å²) in [5, 5.41) is 0. The third kappa shape index (κ3) is 5.68. The van der Waals surface area contributed by atoms with Crippen molar-refractivity contribution in [3.05, 3.63) is 0 Å². The van der Waals surface area contributed by atoms with Crippen LogP contribution in [0.4, 0.5) is 0 Å². The first-order valence-electron chi connectivity index (χ1n) is 3.12. The minimum atomic E-state index is 0. The predicted octanol–water partition coefficient (Wildman–Crippen LogP) is -3.10. The van der Waals surface area contributed by atoms with Crippen LogP contribution in [0.15, 0.2) is 0 Å². The minimum absolute atomic E-state index is 0. The molecule has 0 aliphatic rings. The SMILES string of the molecule is CC#C[NH+](CC)CC.[Cl-]. The molecule has 9 heavy (non-hydrogen) atoms. The lowest BCUT2D eigenvalue weighted by Gasteiger charge is -2.02. The molecular weight excluding hydrogens is 134 g/mol. The molecule has 0 spiro atoms. The normalized spacial score (nSPS) is 7.56. The van der Waals surface area contributed by atoms with Crippen molar-refractivity contribution in [1.29, 1.82) is 0 Å². The molecular formula is C7H14ClN. The molecule has 0 aliphatic carbocycles. The van der Waals surface area contributed by atoms with Gasteiger partial charge in [0.05, 0.1) is 13.1 Å². The Hall–Kier alpha value is -0.190. The Morgan fingerprint density at radius 2 is 1.67 bits per heavy atom. The van der Waals surface area contributed by atoms with Crippen LogP contribution in [0.5, 0.6) is 0 Å². The number of hydrogen-bond donors (Lipinski definition) is 1. The average molecular weight is 148 g/mol. The maximum Gasteiger partial charge on any atom is 0.135 e. The summed E-state index contributed by atoms with van der Waals surface area (Å²) in [7, 11) is 0. The van der Waals surface area contributed by atoms with Gasteiger partial charge in [-0.2, -0.15) is 0 Å². The second-order valence-electron chi connectivity index (χ2n) is 1.69. The molecule has 0 atom stereocenters. The summed E-state index contributed by atoms with van der Waals surface area (Å²) in [6.45, 7) is 8.38. The lowest BCUT2D eigenvalue weighted by Crippen LogP contribution is -3.07. The second kappa shape index (κ2) is 7.81. The number of quaternary nitrogens is 1. The fraction of sp³-hybridized carbons (Fsp3) is 0.714. The summed E-state index contributed by atoms with van der Waals surface area (Å²) in [5.74, 6) is 2.88. The van der Waals surface area contributed by atoms with Gasteiger partial charge in [0.2, 0.25) is 0 Å². The van der Waals surface area contributed by atoms with E-state index in [4.69, 9.17) is 0 Å². The maximum atomic E-state index is 3.05. The van der Waals surface area contributed by atoms with Gasteiger partial charge in [0.25, 0.3) is 0 Å². The van der Waals surface area contributed by atoms with Crippen LogP contribution in [0.25, 0.3) is 0 Å². The first-order chi connectivity index (χ1) is 3.85. The van der Waals surface area contributed by atoms with Gasteiger partial charge in [0, 0.05) is 6.92 Å². The first kappa shape index (κ1) is 11.6. The van der Waals surface area contributed by atoms with Gasteiger partial charge in [-0.1, -0.05) is 0 Å². The highest BCUT2D eigenvalue weighted by Gasteiger charge is 1.92. The Morgan fingerprint density at radius 3 is 1.78 bits per heavy atom. The van der Waals surface area contributed by atoms with Crippen molar-refractivity contribution in [2.75, 3.05) is 13.1 Å². The molecule has 0 heterocycles. The Morgan fingerprint density at radius 1 is 1.22 bits per heavy atom. The molecule has 1 nitrogen and oxygen atoms in total. The van der Waals surface area contributed by atoms with E-state index in [-0.39, 0.29) is 12.4 Å². The van der Waals surface area contributed by atoms with E-state index in [2.05, 4.69) is 25.8 Å². The van der Waals surface area contributed by atoms with Crippen LogP contribution in [0.2, 0.25) is 0 Å². The fourth-order valence-electron chi connectivity index (χ4n) is 0.604. The lowest BCUT2D eigenvalue weighted by atomic mass is 10.5. The van der Waals surface area contributed by atoms with E-state index in [1.54, 1.807) is 0 Å². The van der Waals surface area contributed by atoms with E-state index in [9.17, 15) is 0 Å². The minimum Gasteiger partial charge on any atom is -1.00 e. The highest BCUT2D eigenvalue weighted by atomic mass is 35.5. The maximum absolute atomic E-state index is 3.05. The lowest BCUT2D eigenvalue weighted by molar-refractivity contribution is -0.825. The third-order valence-electron chi connectivity index (χ3n) is 1.16. The average Bonchev–Trinajstić information content (AvgIpc) is 1.83. The smallest absolute Gasteiger partial charge is 0.135 e. The Bertz CT molecular complexity index is 97.2. The molecule has 0 aliphatic heterocycles. The van der Waals surface area contributed by atoms with E-state index in [0.717, 1.165) is 13.1 Å². The summed E-state index contributed by atoms with van der Waals surface area (Å²) >= 11 is 0. The highest BCUT2D eigenvalue weighted by molar-refractivity contribution is 4.83. The number of rotatable bonds is 2. The molecule has 0 aromatic heterocycles. The van der Waals surface area contributed by atoms with Crippen molar-refractivity contribution in [3.8, 4) is 12.0 Å². The topological polar surface area (TPSA) is 4.44 Å². The first-order valence-corrected chi connectivity index (χ1v) is 3.12. The van der Waals surface area contributed by atoms with Crippen LogP contribution in [0.1, 0.15) is 20.8 Å². The van der Waals surface area contributed by atoms with Gasteiger partial charge in [0.1, 0.15) is 6.04 Å². The Kier molecular flexibility index (Phi) is 10.1. The summed E-state index contributed by atoms with van der Waals surface area (Å²) in [6, 6.07) is 3.05. The molecule has 0 unspecified atom stereocenters. The Labute approximate surface area is 63.8 Å². The molecule has 0 amide bonds. The quantitative estimate of drug-likeness (QED) is 0.395. The van der Waals surface area contributed by atoms with E-state index >= 15 is 0 Å². The van der Waals surface area contributed by atoms with Gasteiger partial charge < -0.3 is 12.4 Å². The summed E-state index contributed by atoms with van der Waals surface area (Å²) in [5.41, 5.74) is 0. The van der Waals surface area contributed by atoms with Gasteiger partial charge >= 0.3 is 0 Å². The van der Waals surface area contributed by atoms with Gasteiger partial charge in [-0.25, -0.2) is 0 Å². The van der Waals surface area contributed by atoms with Crippen LogP contribution < -0.4 is 17.3 Å². The highest BCUT2D eigenvalue weighted by Crippen LogP contribution is 1.44. The zero-order valence-corrected chi connectivity index (χ0v) is 7.05. The number of halogens is 1. The molecule has 1 N–H and O–H groups in total. The molecule has 0 fully saturated rings. The van der Waals surface area contributed by atoms with E-state index in [1.165, 1.54) is 4.90 Å². The summed E-state index contributed by atoms with van der Waals surface area (Å²) < 4.78 is 0. The van der Waals surface area contributed by atoms with Gasteiger partial charge in [-0.05, 0) is 19.8 Å². The van der Waals surface area contributed by atoms with Crippen LogP contribution in [0.3, 0.4) is 0 Å². The van der Waals surface area contributed by atoms with Crippen LogP contribution in [0, 0.1) is 12.0 Å². The van der Waals surface area contributed by atoms with Crippen molar-refractivity contribution in [3.63, 3.8) is 0 Å². The van der Waals surface area contributed by atoms with E-state index in [0.29, 0.717) is 0 Å². The van der Waals surface area contributed by atoms with E-state index in [1.807, 2.05) is 6.92 Å². The van der Waals surface area contributed by atoms with E-state index < -0.39 is 0 Å². The van der Waals surface area contributed by atoms with Crippen molar-refractivity contribution in [1.82, 2.24) is 0 Å². The monoisotopic (exact) mass is 147 g/mol. The number of nitrogens with one attached hydrogen (secondary N) is 1. The Balaban J connectivity index is 0. The van der Waals surface area contributed by atoms with Crippen LogP contribution >= 0.6 is 0 Å². The largest absolute Gasteiger partial charge is 1.00 e. The molecule has 54 valence electrons. The van der Waals surface area contributed by atoms with Gasteiger partial charge in [-0.15, -0.1) is 0 Å². The van der Waals surface area contributed by atoms with Crippen LogP contribution in [-0.2, 0) is 0 Å². The third-order valence-corrected chi connectivity index (χ3v) is 1.16. The summed E-state index contributed by atoms with van der Waals surface area (Å²) in [4.78, 5) is 1.35. The summed E-state index contributed by atoms with van der Waals surface area (Å²) in [6.07, 6.45) is 0. The second-order valence-corrected chi connectivity index (χ2v) is 1.69. The molecule has 0 radical (unpaired) electrons. The molecule has 0 bridgehead atoms. The molecule has 0 rings (SSSR count). The zero-order chi connectivity index (χ0) is 6.41. The molecule has 0 aromatic rings. The molecule has 0 saturated carbocycles. The molecule has 0 aromatic carbocycles.